The SMILES string of the molecule is COc1ccccc1COC(C)CN. The van der Waals surface area contributed by atoms with Crippen LogP contribution < -0.4 is 10.5 Å². The summed E-state index contributed by atoms with van der Waals surface area (Å²) in [5, 5.41) is 0. The van der Waals surface area contributed by atoms with Gasteiger partial charge in [0, 0.05) is 12.1 Å². The topological polar surface area (TPSA) is 44.5 Å². The Morgan fingerprint density at radius 3 is 2.71 bits per heavy atom. The number of para-hydroxylation sites is 1. The number of methoxy groups -OCH3 is 1. The van der Waals surface area contributed by atoms with Crippen molar-refractivity contribution in [2.45, 2.75) is 19.6 Å². The highest BCUT2D eigenvalue weighted by Gasteiger charge is 2.03. The third kappa shape index (κ3) is 3.01. The number of hydrogen-bond donors (Lipinski definition) is 1. The fourth-order valence-electron chi connectivity index (χ4n) is 1.12. The molecule has 0 amide bonds. The fourth-order valence-corrected chi connectivity index (χ4v) is 1.12. The lowest BCUT2D eigenvalue weighted by Crippen LogP contribution is -2.19. The van der Waals surface area contributed by atoms with Crippen LogP contribution in [0.2, 0.25) is 0 Å². The van der Waals surface area contributed by atoms with Crippen molar-refractivity contribution in [3.8, 4) is 5.75 Å². The Labute approximate surface area is 84.8 Å². The maximum Gasteiger partial charge on any atom is 0.124 e. The van der Waals surface area contributed by atoms with Gasteiger partial charge in [0.05, 0.1) is 19.8 Å². The van der Waals surface area contributed by atoms with Gasteiger partial charge in [-0.05, 0) is 13.0 Å². The molecule has 0 saturated heterocycles. The highest BCUT2D eigenvalue weighted by molar-refractivity contribution is 5.32. The van der Waals surface area contributed by atoms with E-state index < -0.39 is 0 Å². The Kier molecular flexibility index (Phi) is 4.43. The van der Waals surface area contributed by atoms with Crippen LogP contribution in [0, 0.1) is 0 Å². The highest BCUT2D eigenvalue weighted by Crippen LogP contribution is 2.18. The molecule has 3 heteroatoms. The normalized spacial score (nSPS) is 12.5. The Hall–Kier alpha value is -1.06. The van der Waals surface area contributed by atoms with Crippen molar-refractivity contribution in [2.75, 3.05) is 13.7 Å². The number of hydrogen-bond acceptors (Lipinski definition) is 3. The smallest absolute Gasteiger partial charge is 0.124 e. The fraction of sp³-hybridized carbons (Fsp3) is 0.455. The quantitative estimate of drug-likeness (QED) is 0.775. The van der Waals surface area contributed by atoms with Crippen LogP contribution in [0.5, 0.6) is 5.75 Å². The second-order valence-electron chi connectivity index (χ2n) is 3.17. The van der Waals surface area contributed by atoms with E-state index in [1.165, 1.54) is 0 Å². The first kappa shape index (κ1) is 11.0. The van der Waals surface area contributed by atoms with Crippen LogP contribution in [-0.2, 0) is 11.3 Å². The van der Waals surface area contributed by atoms with Crippen molar-refractivity contribution in [3.05, 3.63) is 29.8 Å². The van der Waals surface area contributed by atoms with Gasteiger partial charge in [-0.25, -0.2) is 0 Å². The van der Waals surface area contributed by atoms with Gasteiger partial charge in [0.25, 0.3) is 0 Å². The molecule has 1 rings (SSSR count). The largest absolute Gasteiger partial charge is 0.496 e. The first-order valence-corrected chi connectivity index (χ1v) is 4.71. The summed E-state index contributed by atoms with van der Waals surface area (Å²) in [6.07, 6.45) is 0.0833. The van der Waals surface area contributed by atoms with E-state index in [2.05, 4.69) is 0 Å². The average molecular weight is 195 g/mol. The van der Waals surface area contributed by atoms with E-state index in [1.807, 2.05) is 31.2 Å². The van der Waals surface area contributed by atoms with Crippen molar-refractivity contribution >= 4 is 0 Å². The molecule has 78 valence electrons. The predicted octanol–water partition coefficient (Wildman–Crippen LogP) is 1.56. The van der Waals surface area contributed by atoms with Gasteiger partial charge >= 0.3 is 0 Å². The molecule has 0 aliphatic heterocycles. The van der Waals surface area contributed by atoms with E-state index in [0.717, 1.165) is 11.3 Å². The molecule has 0 spiro atoms. The first-order valence-electron chi connectivity index (χ1n) is 4.71. The molecular formula is C11H17NO2. The van der Waals surface area contributed by atoms with E-state index in [9.17, 15) is 0 Å². The Morgan fingerprint density at radius 2 is 2.07 bits per heavy atom. The highest BCUT2D eigenvalue weighted by atomic mass is 16.5. The Bertz CT molecular complexity index is 276. The lowest BCUT2D eigenvalue weighted by atomic mass is 10.2. The van der Waals surface area contributed by atoms with Gasteiger partial charge in [0.15, 0.2) is 0 Å². The number of ether oxygens (including phenoxy) is 2. The molecule has 0 aromatic heterocycles. The van der Waals surface area contributed by atoms with Crippen LogP contribution >= 0.6 is 0 Å². The molecule has 1 atom stereocenters. The van der Waals surface area contributed by atoms with Gasteiger partial charge in [-0.1, -0.05) is 18.2 Å². The van der Waals surface area contributed by atoms with Crippen LogP contribution in [0.15, 0.2) is 24.3 Å². The van der Waals surface area contributed by atoms with Crippen LogP contribution in [0.3, 0.4) is 0 Å². The Morgan fingerprint density at radius 1 is 1.36 bits per heavy atom. The van der Waals surface area contributed by atoms with Gasteiger partial charge in [0.1, 0.15) is 5.75 Å². The second kappa shape index (κ2) is 5.62. The van der Waals surface area contributed by atoms with Gasteiger partial charge < -0.3 is 15.2 Å². The van der Waals surface area contributed by atoms with Crippen LogP contribution in [0.1, 0.15) is 12.5 Å². The third-order valence-electron chi connectivity index (χ3n) is 2.05. The summed E-state index contributed by atoms with van der Waals surface area (Å²) in [6.45, 7) is 3.03. The molecule has 1 aromatic rings. The summed E-state index contributed by atoms with van der Waals surface area (Å²) >= 11 is 0. The molecule has 0 aliphatic rings. The van der Waals surface area contributed by atoms with Gasteiger partial charge in [-0.2, -0.15) is 0 Å². The first-order chi connectivity index (χ1) is 6.77. The Balaban J connectivity index is 2.57. The molecule has 2 N–H and O–H groups in total. The van der Waals surface area contributed by atoms with Crippen LogP contribution in [0.4, 0.5) is 0 Å². The predicted molar refractivity (Wildman–Crippen MR) is 56.3 cm³/mol. The molecule has 1 unspecified atom stereocenters. The molecule has 0 saturated carbocycles. The maximum absolute atomic E-state index is 5.51. The summed E-state index contributed by atoms with van der Waals surface area (Å²) in [4.78, 5) is 0. The lowest BCUT2D eigenvalue weighted by Gasteiger charge is -2.12. The minimum Gasteiger partial charge on any atom is -0.496 e. The van der Waals surface area contributed by atoms with Gasteiger partial charge in [0.2, 0.25) is 0 Å². The molecule has 0 heterocycles. The van der Waals surface area contributed by atoms with Crippen molar-refractivity contribution in [3.63, 3.8) is 0 Å². The molecule has 0 aliphatic carbocycles. The summed E-state index contributed by atoms with van der Waals surface area (Å²) in [6, 6.07) is 7.82. The molecule has 0 radical (unpaired) electrons. The molecule has 0 fully saturated rings. The molecule has 1 aromatic carbocycles. The average Bonchev–Trinajstić information content (AvgIpc) is 2.26. The standard InChI is InChI=1S/C11H17NO2/c1-9(7-12)14-8-10-5-3-4-6-11(10)13-2/h3-6,9H,7-8,12H2,1-2H3. The summed E-state index contributed by atoms with van der Waals surface area (Å²) in [5.74, 6) is 0.858. The molecule has 0 bridgehead atoms. The van der Waals surface area contributed by atoms with Crippen molar-refractivity contribution in [1.29, 1.82) is 0 Å². The zero-order valence-corrected chi connectivity index (χ0v) is 8.69. The molecule has 14 heavy (non-hydrogen) atoms. The van der Waals surface area contributed by atoms with Crippen molar-refractivity contribution in [2.24, 2.45) is 5.73 Å². The van der Waals surface area contributed by atoms with E-state index in [4.69, 9.17) is 15.2 Å². The summed E-state index contributed by atoms with van der Waals surface area (Å²) < 4.78 is 10.7. The minimum absolute atomic E-state index is 0.0833. The van der Waals surface area contributed by atoms with Crippen LogP contribution in [0.25, 0.3) is 0 Å². The summed E-state index contributed by atoms with van der Waals surface area (Å²) in [7, 11) is 1.66. The molecule has 3 nitrogen and oxygen atoms in total. The van der Waals surface area contributed by atoms with Crippen LogP contribution in [-0.4, -0.2) is 19.8 Å². The van der Waals surface area contributed by atoms with E-state index in [0.29, 0.717) is 13.2 Å². The third-order valence-corrected chi connectivity index (χ3v) is 2.05. The minimum atomic E-state index is 0.0833. The lowest BCUT2D eigenvalue weighted by molar-refractivity contribution is 0.0578. The number of benzene rings is 1. The van der Waals surface area contributed by atoms with E-state index in [1.54, 1.807) is 7.11 Å². The zero-order chi connectivity index (χ0) is 10.4. The van der Waals surface area contributed by atoms with Crippen molar-refractivity contribution < 1.29 is 9.47 Å². The second-order valence-corrected chi connectivity index (χ2v) is 3.17. The number of rotatable bonds is 5. The number of nitrogens with two attached hydrogens (primary N) is 1. The van der Waals surface area contributed by atoms with Gasteiger partial charge in [-0.3, -0.25) is 0 Å². The summed E-state index contributed by atoms with van der Waals surface area (Å²) in [5.41, 5.74) is 6.50. The monoisotopic (exact) mass is 195 g/mol. The molecular weight excluding hydrogens is 178 g/mol. The maximum atomic E-state index is 5.51. The van der Waals surface area contributed by atoms with E-state index in [-0.39, 0.29) is 6.10 Å². The zero-order valence-electron chi connectivity index (χ0n) is 8.69. The van der Waals surface area contributed by atoms with E-state index >= 15 is 0 Å². The van der Waals surface area contributed by atoms with Crippen molar-refractivity contribution in [1.82, 2.24) is 0 Å². The van der Waals surface area contributed by atoms with Gasteiger partial charge in [-0.15, -0.1) is 0 Å².